The summed E-state index contributed by atoms with van der Waals surface area (Å²) in [7, 11) is 0. The lowest BCUT2D eigenvalue weighted by Crippen LogP contribution is -2.41. The molecule has 2 amide bonds. The van der Waals surface area contributed by atoms with Crippen molar-refractivity contribution < 1.29 is 14.0 Å². The lowest BCUT2D eigenvalue weighted by Gasteiger charge is -2.32. The van der Waals surface area contributed by atoms with Gasteiger partial charge in [0, 0.05) is 25.0 Å². The fraction of sp³-hybridized carbons (Fsp3) is 0.278. The molecule has 1 aliphatic rings. The van der Waals surface area contributed by atoms with Crippen LogP contribution in [0.3, 0.4) is 0 Å². The van der Waals surface area contributed by atoms with E-state index in [1.807, 2.05) is 18.2 Å². The van der Waals surface area contributed by atoms with Gasteiger partial charge in [0.15, 0.2) is 0 Å². The highest BCUT2D eigenvalue weighted by molar-refractivity contribution is 5.95. The summed E-state index contributed by atoms with van der Waals surface area (Å²) < 4.78 is 13.8. The minimum atomic E-state index is -0.839. The summed E-state index contributed by atoms with van der Waals surface area (Å²) in [5, 5.41) is 2.71. The van der Waals surface area contributed by atoms with Crippen molar-refractivity contribution in [2.75, 3.05) is 23.3 Å². The highest BCUT2D eigenvalue weighted by Gasteiger charge is 2.26. The van der Waals surface area contributed by atoms with Gasteiger partial charge in [0.25, 0.3) is 5.91 Å². The number of nitrogens with one attached hydrogen (secondary N) is 1. The lowest BCUT2D eigenvalue weighted by molar-refractivity contribution is -0.120. The van der Waals surface area contributed by atoms with Gasteiger partial charge < -0.3 is 16.0 Å². The number of amides is 2. The van der Waals surface area contributed by atoms with Crippen molar-refractivity contribution in [2.24, 2.45) is 11.7 Å². The molecule has 2 heterocycles. The number of carbonyl (C=O) groups excluding carboxylic acids is 2. The Bertz CT molecular complexity index is 782. The van der Waals surface area contributed by atoms with Crippen LogP contribution in [0, 0.1) is 11.7 Å². The second-order valence-electron chi connectivity index (χ2n) is 6.02. The Balaban J connectivity index is 1.67. The van der Waals surface area contributed by atoms with Crippen LogP contribution in [-0.2, 0) is 4.79 Å². The fourth-order valence-electron chi connectivity index (χ4n) is 2.98. The highest BCUT2D eigenvalue weighted by Crippen LogP contribution is 2.23. The number of hydrogen-bond donors (Lipinski definition) is 2. The number of halogens is 1. The molecular formula is C18H19FN4O2. The molecule has 6 nitrogen and oxygen atoms in total. The zero-order valence-electron chi connectivity index (χ0n) is 13.6. The van der Waals surface area contributed by atoms with Gasteiger partial charge in [0.2, 0.25) is 5.91 Å². The van der Waals surface area contributed by atoms with Crippen LogP contribution in [0.1, 0.15) is 23.2 Å². The van der Waals surface area contributed by atoms with E-state index in [1.165, 1.54) is 12.1 Å². The Morgan fingerprint density at radius 3 is 2.80 bits per heavy atom. The van der Waals surface area contributed by atoms with Gasteiger partial charge in [-0.2, -0.15) is 0 Å². The van der Waals surface area contributed by atoms with Crippen molar-refractivity contribution in [3.63, 3.8) is 0 Å². The number of carbonyl (C=O) groups is 2. The van der Waals surface area contributed by atoms with Gasteiger partial charge in [-0.1, -0.05) is 6.07 Å². The predicted molar refractivity (Wildman–Crippen MR) is 92.7 cm³/mol. The average molecular weight is 342 g/mol. The van der Waals surface area contributed by atoms with Crippen molar-refractivity contribution in [3.05, 3.63) is 54.0 Å². The van der Waals surface area contributed by atoms with Crippen molar-refractivity contribution in [1.82, 2.24) is 4.98 Å². The number of aromatic nitrogens is 1. The molecule has 0 saturated carbocycles. The van der Waals surface area contributed by atoms with Crippen LogP contribution in [0.15, 0.2) is 42.6 Å². The first kappa shape index (κ1) is 16.9. The second kappa shape index (κ2) is 7.29. The first-order valence-electron chi connectivity index (χ1n) is 8.11. The van der Waals surface area contributed by atoms with Gasteiger partial charge in [0.05, 0.1) is 11.5 Å². The molecule has 0 spiro atoms. The maximum absolute atomic E-state index is 13.8. The van der Waals surface area contributed by atoms with Crippen molar-refractivity contribution >= 4 is 23.3 Å². The Morgan fingerprint density at radius 2 is 2.12 bits per heavy atom. The molecule has 130 valence electrons. The Labute approximate surface area is 144 Å². The number of rotatable bonds is 4. The van der Waals surface area contributed by atoms with Crippen LogP contribution in [0.4, 0.5) is 15.9 Å². The number of nitrogens with two attached hydrogens (primary N) is 1. The number of pyridine rings is 1. The molecule has 0 radical (unpaired) electrons. The van der Waals surface area contributed by atoms with Gasteiger partial charge in [-0.25, -0.2) is 9.37 Å². The molecule has 2 aromatic rings. The molecular weight excluding hydrogens is 323 g/mol. The summed E-state index contributed by atoms with van der Waals surface area (Å²) >= 11 is 0. The Hall–Kier alpha value is -2.96. The first-order chi connectivity index (χ1) is 12.0. The predicted octanol–water partition coefficient (Wildman–Crippen LogP) is 2.17. The first-order valence-corrected chi connectivity index (χ1v) is 8.11. The van der Waals surface area contributed by atoms with Crippen LogP contribution < -0.4 is 16.0 Å². The van der Waals surface area contributed by atoms with Gasteiger partial charge in [-0.15, -0.1) is 0 Å². The van der Waals surface area contributed by atoms with E-state index in [4.69, 9.17) is 5.73 Å². The largest absolute Gasteiger partial charge is 0.366 e. The van der Waals surface area contributed by atoms with E-state index in [0.29, 0.717) is 12.2 Å². The molecule has 3 rings (SSSR count). The average Bonchev–Trinajstić information content (AvgIpc) is 2.62. The number of piperidine rings is 1. The third-order valence-electron chi connectivity index (χ3n) is 4.27. The summed E-state index contributed by atoms with van der Waals surface area (Å²) in [5.41, 5.74) is 5.19. The molecule has 0 aliphatic carbocycles. The highest BCUT2D eigenvalue weighted by atomic mass is 19.1. The standard InChI is InChI=1S/C18H19FN4O2/c19-15-10-13(6-7-14(15)17(20)24)22-18(25)12-4-3-9-23(11-12)16-5-1-2-8-21-16/h1-2,5-8,10,12H,3-4,9,11H2,(H2,20,24)(H,22,25). The summed E-state index contributed by atoms with van der Waals surface area (Å²) in [6, 6.07) is 9.53. The number of hydrogen-bond acceptors (Lipinski definition) is 4. The summed E-state index contributed by atoms with van der Waals surface area (Å²) in [5.74, 6) is -1.13. The second-order valence-corrected chi connectivity index (χ2v) is 6.02. The molecule has 7 heteroatoms. The smallest absolute Gasteiger partial charge is 0.251 e. The molecule has 1 fully saturated rings. The molecule has 0 bridgehead atoms. The molecule has 1 atom stereocenters. The number of primary amides is 1. The molecule has 1 aliphatic heterocycles. The third kappa shape index (κ3) is 3.93. The quantitative estimate of drug-likeness (QED) is 0.891. The van der Waals surface area contributed by atoms with Crippen LogP contribution in [0.5, 0.6) is 0 Å². The van der Waals surface area contributed by atoms with Crippen LogP contribution >= 0.6 is 0 Å². The SMILES string of the molecule is NC(=O)c1ccc(NC(=O)C2CCCN(c3ccccn3)C2)cc1F. The third-order valence-corrected chi connectivity index (χ3v) is 4.27. The minimum absolute atomic E-state index is 0.174. The molecule has 3 N–H and O–H groups in total. The van der Waals surface area contributed by atoms with Gasteiger partial charge in [-0.3, -0.25) is 9.59 Å². The van der Waals surface area contributed by atoms with E-state index in [1.54, 1.807) is 6.20 Å². The lowest BCUT2D eigenvalue weighted by atomic mass is 9.97. The summed E-state index contributed by atoms with van der Waals surface area (Å²) in [4.78, 5) is 30.0. The monoisotopic (exact) mass is 342 g/mol. The zero-order valence-corrected chi connectivity index (χ0v) is 13.6. The van der Waals surface area contributed by atoms with Crippen LogP contribution in [0.25, 0.3) is 0 Å². The fourth-order valence-corrected chi connectivity index (χ4v) is 2.98. The normalized spacial score (nSPS) is 17.2. The summed E-state index contributed by atoms with van der Waals surface area (Å²) in [6.45, 7) is 1.41. The van der Waals surface area contributed by atoms with Crippen LogP contribution in [0.2, 0.25) is 0 Å². The van der Waals surface area contributed by atoms with E-state index < -0.39 is 11.7 Å². The maximum Gasteiger partial charge on any atom is 0.251 e. The van der Waals surface area contributed by atoms with Gasteiger partial charge in [0.1, 0.15) is 11.6 Å². The number of nitrogens with zero attached hydrogens (tertiary/aromatic N) is 2. The van der Waals surface area contributed by atoms with Crippen molar-refractivity contribution in [1.29, 1.82) is 0 Å². The molecule has 1 unspecified atom stereocenters. The van der Waals surface area contributed by atoms with Gasteiger partial charge >= 0.3 is 0 Å². The van der Waals surface area contributed by atoms with E-state index in [9.17, 15) is 14.0 Å². The summed E-state index contributed by atoms with van der Waals surface area (Å²) in [6.07, 6.45) is 3.36. The number of benzene rings is 1. The Kier molecular flexibility index (Phi) is 4.92. The van der Waals surface area contributed by atoms with E-state index in [2.05, 4.69) is 15.2 Å². The van der Waals surface area contributed by atoms with Crippen molar-refractivity contribution in [2.45, 2.75) is 12.8 Å². The maximum atomic E-state index is 13.8. The topological polar surface area (TPSA) is 88.3 Å². The van der Waals surface area contributed by atoms with E-state index in [-0.39, 0.29) is 17.4 Å². The molecule has 1 aromatic carbocycles. The number of anilines is 2. The Morgan fingerprint density at radius 1 is 1.28 bits per heavy atom. The zero-order chi connectivity index (χ0) is 17.8. The molecule has 1 aromatic heterocycles. The van der Waals surface area contributed by atoms with E-state index in [0.717, 1.165) is 31.3 Å². The van der Waals surface area contributed by atoms with E-state index >= 15 is 0 Å². The molecule has 25 heavy (non-hydrogen) atoms. The minimum Gasteiger partial charge on any atom is -0.366 e. The van der Waals surface area contributed by atoms with Crippen LogP contribution in [-0.4, -0.2) is 29.9 Å². The van der Waals surface area contributed by atoms with Gasteiger partial charge in [-0.05, 0) is 43.2 Å². The van der Waals surface area contributed by atoms with Crippen molar-refractivity contribution in [3.8, 4) is 0 Å². The molecule has 1 saturated heterocycles.